The van der Waals surface area contributed by atoms with E-state index in [1.54, 1.807) is 0 Å². The molecule has 5 heteroatoms. The molecule has 3 N–H and O–H groups in total. The second-order valence-corrected chi connectivity index (χ2v) is 4.98. The second-order valence-electron chi connectivity index (χ2n) is 4.98. The number of carbonyl (C=O) groups excluding carboxylic acids is 1. The standard InChI is InChI=1S/C14H18F2N2O/c15-10-5-6-12(16)11(7-10)14(19)18-13(8-17)9-3-1-2-4-9/h5-7,9,13H,1-4,8,17H2,(H,18,19). The summed E-state index contributed by atoms with van der Waals surface area (Å²) in [6.07, 6.45) is 4.30. The summed E-state index contributed by atoms with van der Waals surface area (Å²) in [4.78, 5) is 12.0. The lowest BCUT2D eigenvalue weighted by molar-refractivity contribution is 0.0919. The van der Waals surface area contributed by atoms with Crippen LogP contribution in [0.2, 0.25) is 0 Å². The van der Waals surface area contributed by atoms with E-state index in [9.17, 15) is 13.6 Å². The van der Waals surface area contributed by atoms with Crippen molar-refractivity contribution in [3.63, 3.8) is 0 Å². The first-order valence-electron chi connectivity index (χ1n) is 6.58. The summed E-state index contributed by atoms with van der Waals surface area (Å²) in [6, 6.07) is 2.69. The molecular weight excluding hydrogens is 250 g/mol. The molecule has 0 radical (unpaired) electrons. The zero-order valence-corrected chi connectivity index (χ0v) is 10.7. The van der Waals surface area contributed by atoms with Gasteiger partial charge in [-0.15, -0.1) is 0 Å². The number of halogens is 2. The van der Waals surface area contributed by atoms with Crippen LogP contribution in [0.4, 0.5) is 8.78 Å². The molecule has 0 heterocycles. The van der Waals surface area contributed by atoms with Crippen molar-refractivity contribution < 1.29 is 13.6 Å². The van der Waals surface area contributed by atoms with Crippen molar-refractivity contribution in [2.45, 2.75) is 31.7 Å². The van der Waals surface area contributed by atoms with Gasteiger partial charge < -0.3 is 11.1 Å². The van der Waals surface area contributed by atoms with Crippen molar-refractivity contribution in [3.05, 3.63) is 35.4 Å². The molecule has 2 rings (SSSR count). The Hall–Kier alpha value is -1.49. The first-order valence-corrected chi connectivity index (χ1v) is 6.58. The van der Waals surface area contributed by atoms with Crippen LogP contribution in [0.3, 0.4) is 0 Å². The largest absolute Gasteiger partial charge is 0.348 e. The first-order chi connectivity index (χ1) is 9.11. The Morgan fingerprint density at radius 1 is 1.37 bits per heavy atom. The molecule has 1 aliphatic rings. The van der Waals surface area contributed by atoms with Crippen LogP contribution in [0.1, 0.15) is 36.0 Å². The van der Waals surface area contributed by atoms with Crippen LogP contribution in [-0.2, 0) is 0 Å². The van der Waals surface area contributed by atoms with Crippen molar-refractivity contribution in [2.75, 3.05) is 6.54 Å². The lowest BCUT2D eigenvalue weighted by atomic mass is 9.98. The first kappa shape index (κ1) is 13.9. The van der Waals surface area contributed by atoms with Gasteiger partial charge in [0.1, 0.15) is 11.6 Å². The molecule has 104 valence electrons. The number of rotatable bonds is 4. The van der Waals surface area contributed by atoms with E-state index in [1.807, 2.05) is 0 Å². The van der Waals surface area contributed by atoms with Gasteiger partial charge in [0.25, 0.3) is 5.91 Å². The Labute approximate surface area is 111 Å². The molecule has 1 aromatic carbocycles. The molecule has 1 atom stereocenters. The molecule has 0 aliphatic heterocycles. The molecule has 0 spiro atoms. The minimum Gasteiger partial charge on any atom is -0.348 e. The molecule has 3 nitrogen and oxygen atoms in total. The summed E-state index contributed by atoms with van der Waals surface area (Å²) < 4.78 is 26.5. The fourth-order valence-corrected chi connectivity index (χ4v) is 2.65. The van der Waals surface area contributed by atoms with Gasteiger partial charge in [0.15, 0.2) is 0 Å². The van der Waals surface area contributed by atoms with Gasteiger partial charge in [-0.2, -0.15) is 0 Å². The molecule has 0 bridgehead atoms. The van der Waals surface area contributed by atoms with E-state index in [2.05, 4.69) is 5.32 Å². The molecule has 0 aromatic heterocycles. The maximum atomic E-state index is 13.5. The Morgan fingerprint density at radius 3 is 2.68 bits per heavy atom. The highest BCUT2D eigenvalue weighted by molar-refractivity contribution is 5.94. The monoisotopic (exact) mass is 268 g/mol. The molecule has 0 saturated heterocycles. The number of carbonyl (C=O) groups is 1. The van der Waals surface area contributed by atoms with E-state index in [0.29, 0.717) is 12.5 Å². The molecule has 1 aromatic rings. The van der Waals surface area contributed by atoms with E-state index >= 15 is 0 Å². The molecule has 1 amide bonds. The van der Waals surface area contributed by atoms with Crippen LogP contribution < -0.4 is 11.1 Å². The summed E-state index contributed by atoms with van der Waals surface area (Å²) in [5.74, 6) is -1.61. The highest BCUT2D eigenvalue weighted by Crippen LogP contribution is 2.27. The number of nitrogens with two attached hydrogens (primary N) is 1. The summed E-state index contributed by atoms with van der Waals surface area (Å²) in [6.45, 7) is 0.313. The van der Waals surface area contributed by atoms with Crippen molar-refractivity contribution in [3.8, 4) is 0 Å². The van der Waals surface area contributed by atoms with Crippen LogP contribution in [0.5, 0.6) is 0 Å². The van der Waals surface area contributed by atoms with Gasteiger partial charge in [-0.3, -0.25) is 4.79 Å². The molecule has 1 unspecified atom stereocenters. The van der Waals surface area contributed by atoms with E-state index < -0.39 is 17.5 Å². The minimum absolute atomic E-state index is 0.169. The van der Waals surface area contributed by atoms with Crippen LogP contribution in [0.15, 0.2) is 18.2 Å². The molecule has 1 saturated carbocycles. The van der Waals surface area contributed by atoms with E-state index in [1.165, 1.54) is 0 Å². The number of amides is 1. The van der Waals surface area contributed by atoms with Crippen LogP contribution >= 0.6 is 0 Å². The summed E-state index contributed by atoms with van der Waals surface area (Å²) in [5.41, 5.74) is 5.40. The average molecular weight is 268 g/mol. The predicted octanol–water partition coefficient (Wildman–Crippen LogP) is 2.21. The Kier molecular flexibility index (Phi) is 4.47. The Balaban J connectivity index is 2.08. The quantitative estimate of drug-likeness (QED) is 0.879. The molecule has 1 fully saturated rings. The van der Waals surface area contributed by atoms with Gasteiger partial charge >= 0.3 is 0 Å². The maximum absolute atomic E-state index is 13.5. The predicted molar refractivity (Wildman–Crippen MR) is 68.6 cm³/mol. The van der Waals surface area contributed by atoms with E-state index in [0.717, 1.165) is 43.9 Å². The van der Waals surface area contributed by atoms with Crippen LogP contribution in [0.25, 0.3) is 0 Å². The lowest BCUT2D eigenvalue weighted by Gasteiger charge is -2.23. The van der Waals surface area contributed by atoms with Gasteiger partial charge in [-0.1, -0.05) is 12.8 Å². The van der Waals surface area contributed by atoms with Crippen molar-refractivity contribution >= 4 is 5.91 Å². The van der Waals surface area contributed by atoms with Gasteiger partial charge in [0.05, 0.1) is 5.56 Å². The van der Waals surface area contributed by atoms with Gasteiger partial charge in [0, 0.05) is 12.6 Å². The summed E-state index contributed by atoms with van der Waals surface area (Å²) in [7, 11) is 0. The third-order valence-corrected chi connectivity index (χ3v) is 3.71. The summed E-state index contributed by atoms with van der Waals surface area (Å²) >= 11 is 0. The third-order valence-electron chi connectivity index (χ3n) is 3.71. The van der Waals surface area contributed by atoms with Crippen molar-refractivity contribution in [1.29, 1.82) is 0 Å². The third kappa shape index (κ3) is 3.29. The van der Waals surface area contributed by atoms with Gasteiger partial charge in [-0.05, 0) is 37.0 Å². The Morgan fingerprint density at radius 2 is 2.05 bits per heavy atom. The van der Waals surface area contributed by atoms with Gasteiger partial charge in [0.2, 0.25) is 0 Å². The maximum Gasteiger partial charge on any atom is 0.254 e. The van der Waals surface area contributed by atoms with E-state index in [4.69, 9.17) is 5.73 Å². The average Bonchev–Trinajstić information content (AvgIpc) is 2.92. The highest BCUT2D eigenvalue weighted by atomic mass is 19.1. The van der Waals surface area contributed by atoms with Crippen LogP contribution in [0, 0.1) is 17.6 Å². The number of hydrogen-bond donors (Lipinski definition) is 2. The zero-order valence-electron chi connectivity index (χ0n) is 10.7. The SMILES string of the molecule is NCC(NC(=O)c1cc(F)ccc1F)C1CCCC1. The van der Waals surface area contributed by atoms with Crippen molar-refractivity contribution in [2.24, 2.45) is 11.7 Å². The Bertz CT molecular complexity index is 459. The van der Waals surface area contributed by atoms with Crippen molar-refractivity contribution in [1.82, 2.24) is 5.32 Å². The number of benzene rings is 1. The smallest absolute Gasteiger partial charge is 0.254 e. The highest BCUT2D eigenvalue weighted by Gasteiger charge is 2.26. The van der Waals surface area contributed by atoms with E-state index in [-0.39, 0.29) is 11.6 Å². The lowest BCUT2D eigenvalue weighted by Crippen LogP contribution is -2.44. The number of hydrogen-bond acceptors (Lipinski definition) is 2. The topological polar surface area (TPSA) is 55.1 Å². The summed E-state index contributed by atoms with van der Waals surface area (Å²) in [5, 5.41) is 2.72. The second kappa shape index (κ2) is 6.10. The number of nitrogens with one attached hydrogen (secondary N) is 1. The molecule has 1 aliphatic carbocycles. The molecular formula is C14H18F2N2O. The minimum atomic E-state index is -0.721. The molecule has 19 heavy (non-hydrogen) atoms. The fraction of sp³-hybridized carbons (Fsp3) is 0.500. The fourth-order valence-electron chi connectivity index (χ4n) is 2.65. The van der Waals surface area contributed by atoms with Crippen LogP contribution in [-0.4, -0.2) is 18.5 Å². The van der Waals surface area contributed by atoms with Gasteiger partial charge in [-0.25, -0.2) is 8.78 Å². The zero-order chi connectivity index (χ0) is 13.8. The normalized spacial score (nSPS) is 17.4.